The molecule has 9 heteroatoms. The lowest BCUT2D eigenvalue weighted by Gasteiger charge is -2.20. The molecule has 0 saturated heterocycles. The fourth-order valence-electron chi connectivity index (χ4n) is 4.16. The Morgan fingerprint density at radius 2 is 1.82 bits per heavy atom. The van der Waals surface area contributed by atoms with Crippen molar-refractivity contribution in [2.45, 2.75) is 19.9 Å². The van der Waals surface area contributed by atoms with Crippen molar-refractivity contribution >= 4 is 28.2 Å². The molecule has 7 nitrogen and oxygen atoms in total. The first-order valence-electron chi connectivity index (χ1n) is 10.5. The van der Waals surface area contributed by atoms with Crippen LogP contribution in [0, 0.1) is 18.6 Å². The zero-order chi connectivity index (χ0) is 24.0. The van der Waals surface area contributed by atoms with Gasteiger partial charge in [0.05, 0.1) is 17.1 Å². The topological polar surface area (TPSA) is 92.4 Å². The summed E-state index contributed by atoms with van der Waals surface area (Å²) in [7, 11) is 0. The van der Waals surface area contributed by atoms with Crippen LogP contribution in [0.2, 0.25) is 0 Å². The Balaban J connectivity index is 1.72. The maximum absolute atomic E-state index is 14.0. The molecule has 1 unspecified atom stereocenters. The molecule has 0 aliphatic rings. The van der Waals surface area contributed by atoms with Crippen molar-refractivity contribution in [2.24, 2.45) is 0 Å². The Morgan fingerprint density at radius 3 is 2.56 bits per heavy atom. The van der Waals surface area contributed by atoms with Gasteiger partial charge in [-0.15, -0.1) is 10.2 Å². The SMILES string of the molecule is Cc1cc(C(C)Nc2ccccc2C(=O)O)c2nc(-c3cc(F)cc(F)c3)n3cnnc3c2c1. The van der Waals surface area contributed by atoms with E-state index in [9.17, 15) is 18.7 Å². The van der Waals surface area contributed by atoms with Crippen LogP contribution in [0.4, 0.5) is 14.5 Å². The van der Waals surface area contributed by atoms with Gasteiger partial charge in [0, 0.05) is 28.3 Å². The third kappa shape index (κ3) is 3.71. The number of halogens is 2. The zero-order valence-electron chi connectivity index (χ0n) is 18.3. The number of para-hydroxylation sites is 1. The molecule has 1 atom stereocenters. The van der Waals surface area contributed by atoms with E-state index >= 15 is 0 Å². The summed E-state index contributed by atoms with van der Waals surface area (Å²) in [5.74, 6) is -2.19. The van der Waals surface area contributed by atoms with Crippen molar-refractivity contribution in [1.82, 2.24) is 19.6 Å². The lowest BCUT2D eigenvalue weighted by molar-refractivity contribution is 0.0698. The van der Waals surface area contributed by atoms with Crippen molar-refractivity contribution < 1.29 is 18.7 Å². The predicted octanol–water partition coefficient (Wildman–Crippen LogP) is 5.40. The molecule has 2 aromatic heterocycles. The molecule has 0 bridgehead atoms. The Bertz CT molecular complexity index is 1560. The van der Waals surface area contributed by atoms with E-state index in [1.807, 2.05) is 26.0 Å². The Kier molecular flexibility index (Phi) is 5.16. The predicted molar refractivity (Wildman–Crippen MR) is 124 cm³/mol. The van der Waals surface area contributed by atoms with Gasteiger partial charge < -0.3 is 10.4 Å². The van der Waals surface area contributed by atoms with Gasteiger partial charge >= 0.3 is 5.97 Å². The highest BCUT2D eigenvalue weighted by atomic mass is 19.1. The minimum absolute atomic E-state index is 0.148. The van der Waals surface area contributed by atoms with E-state index in [-0.39, 0.29) is 23.0 Å². The van der Waals surface area contributed by atoms with Crippen LogP contribution < -0.4 is 5.32 Å². The third-order valence-electron chi connectivity index (χ3n) is 5.64. The normalized spacial score (nSPS) is 12.2. The van der Waals surface area contributed by atoms with Gasteiger partial charge in [-0.25, -0.2) is 18.6 Å². The van der Waals surface area contributed by atoms with E-state index in [0.29, 0.717) is 22.2 Å². The molecular formula is C25H19F2N5O2. The number of hydrogen-bond acceptors (Lipinski definition) is 5. The third-order valence-corrected chi connectivity index (χ3v) is 5.64. The van der Waals surface area contributed by atoms with Gasteiger partial charge in [0.2, 0.25) is 0 Å². The molecule has 170 valence electrons. The smallest absolute Gasteiger partial charge is 0.337 e. The number of carboxylic acid groups (broad SMARTS) is 1. The summed E-state index contributed by atoms with van der Waals surface area (Å²) in [5, 5.41) is 21.7. The number of hydrogen-bond donors (Lipinski definition) is 2. The Morgan fingerprint density at radius 1 is 1.09 bits per heavy atom. The van der Waals surface area contributed by atoms with Gasteiger partial charge in [-0.05, 0) is 49.7 Å². The van der Waals surface area contributed by atoms with Crippen molar-refractivity contribution in [3.8, 4) is 11.4 Å². The monoisotopic (exact) mass is 459 g/mol. The number of carboxylic acids is 1. The quantitative estimate of drug-likeness (QED) is 0.366. The number of benzene rings is 3. The highest BCUT2D eigenvalue weighted by molar-refractivity contribution is 5.96. The summed E-state index contributed by atoms with van der Waals surface area (Å²) in [6.45, 7) is 3.83. The van der Waals surface area contributed by atoms with Crippen LogP contribution in [0.15, 0.2) is 60.9 Å². The molecule has 2 N–H and O–H groups in total. The summed E-state index contributed by atoms with van der Waals surface area (Å²) in [6, 6.07) is 13.4. The summed E-state index contributed by atoms with van der Waals surface area (Å²) in [4.78, 5) is 16.4. The number of aromatic nitrogens is 4. The molecule has 0 amide bonds. The summed E-state index contributed by atoms with van der Waals surface area (Å²) in [5.41, 5.74) is 3.64. The molecule has 0 saturated carbocycles. The number of rotatable bonds is 5. The van der Waals surface area contributed by atoms with E-state index in [2.05, 4.69) is 15.5 Å². The maximum Gasteiger partial charge on any atom is 0.337 e. The fourth-order valence-corrected chi connectivity index (χ4v) is 4.16. The summed E-state index contributed by atoms with van der Waals surface area (Å²) in [6.07, 6.45) is 1.45. The zero-order valence-corrected chi connectivity index (χ0v) is 18.3. The second-order valence-electron chi connectivity index (χ2n) is 8.09. The van der Waals surface area contributed by atoms with E-state index in [1.54, 1.807) is 22.6 Å². The van der Waals surface area contributed by atoms with Gasteiger partial charge in [-0.1, -0.05) is 18.2 Å². The standard InChI is InChI=1S/C25H19F2N5O2/c1-13-7-19(14(2)29-21-6-4-3-5-18(21)25(33)34)22-20(8-13)24-31-28-12-32(24)23(30-22)15-9-16(26)11-17(27)10-15/h3-12,14,29H,1-2H3,(H,33,34). The van der Waals surface area contributed by atoms with E-state index in [1.165, 1.54) is 24.5 Å². The van der Waals surface area contributed by atoms with Crippen LogP contribution in [0.5, 0.6) is 0 Å². The number of anilines is 1. The number of nitrogens with zero attached hydrogens (tertiary/aromatic N) is 4. The minimum Gasteiger partial charge on any atom is -0.478 e. The number of nitrogens with one attached hydrogen (secondary N) is 1. The minimum atomic E-state index is -1.04. The van der Waals surface area contributed by atoms with Crippen molar-refractivity contribution in [3.63, 3.8) is 0 Å². The van der Waals surface area contributed by atoms with Gasteiger partial charge in [-0.2, -0.15) is 0 Å². The first-order valence-corrected chi connectivity index (χ1v) is 10.5. The van der Waals surface area contributed by atoms with E-state index in [0.717, 1.165) is 17.2 Å². The fraction of sp³-hybridized carbons (Fsp3) is 0.120. The molecular weight excluding hydrogens is 440 g/mol. The molecule has 0 aliphatic heterocycles. The van der Waals surface area contributed by atoms with Crippen molar-refractivity contribution in [1.29, 1.82) is 0 Å². The van der Waals surface area contributed by atoms with E-state index in [4.69, 9.17) is 4.98 Å². The Hall–Kier alpha value is -4.40. The molecule has 0 spiro atoms. The van der Waals surface area contributed by atoms with Gasteiger partial charge in [0.25, 0.3) is 0 Å². The highest BCUT2D eigenvalue weighted by Crippen LogP contribution is 2.32. The van der Waals surface area contributed by atoms with Gasteiger partial charge in [0.1, 0.15) is 23.8 Å². The van der Waals surface area contributed by atoms with Crippen LogP contribution in [0.3, 0.4) is 0 Å². The van der Waals surface area contributed by atoms with Gasteiger partial charge in [0.15, 0.2) is 5.65 Å². The first-order chi connectivity index (χ1) is 16.3. The highest BCUT2D eigenvalue weighted by Gasteiger charge is 2.20. The van der Waals surface area contributed by atoms with Crippen molar-refractivity contribution in [2.75, 3.05) is 5.32 Å². The molecule has 34 heavy (non-hydrogen) atoms. The maximum atomic E-state index is 14.0. The molecule has 0 aliphatic carbocycles. The molecule has 5 rings (SSSR count). The van der Waals surface area contributed by atoms with Crippen LogP contribution in [-0.2, 0) is 0 Å². The molecule has 5 aromatic rings. The molecule has 0 fully saturated rings. The van der Waals surface area contributed by atoms with Crippen molar-refractivity contribution in [3.05, 3.63) is 89.2 Å². The average Bonchev–Trinajstić information content (AvgIpc) is 3.28. The summed E-state index contributed by atoms with van der Waals surface area (Å²) < 4.78 is 29.6. The lowest BCUT2D eigenvalue weighted by atomic mass is 10.00. The Labute approximate surface area is 192 Å². The van der Waals surface area contributed by atoms with Gasteiger partial charge in [-0.3, -0.25) is 4.40 Å². The average molecular weight is 459 g/mol. The molecule has 3 aromatic carbocycles. The number of fused-ring (bicyclic) bond motifs is 3. The van der Waals surface area contributed by atoms with Crippen LogP contribution >= 0.6 is 0 Å². The molecule has 2 heterocycles. The lowest BCUT2D eigenvalue weighted by Crippen LogP contribution is -2.12. The summed E-state index contributed by atoms with van der Waals surface area (Å²) >= 11 is 0. The van der Waals surface area contributed by atoms with E-state index < -0.39 is 17.6 Å². The number of aromatic carboxylic acids is 1. The number of carbonyl (C=O) groups is 1. The van der Waals surface area contributed by atoms with Crippen LogP contribution in [-0.4, -0.2) is 30.7 Å². The second-order valence-corrected chi connectivity index (χ2v) is 8.09. The number of aryl methyl sites for hydroxylation is 1. The second kappa shape index (κ2) is 8.18. The largest absolute Gasteiger partial charge is 0.478 e. The molecule has 0 radical (unpaired) electrons. The van der Waals surface area contributed by atoms with Crippen LogP contribution in [0.25, 0.3) is 27.9 Å². The van der Waals surface area contributed by atoms with Crippen LogP contribution in [0.1, 0.15) is 34.5 Å². The first kappa shape index (κ1) is 21.4.